The van der Waals surface area contributed by atoms with Crippen LogP contribution in [-0.2, 0) is 9.47 Å². The lowest BCUT2D eigenvalue weighted by molar-refractivity contribution is -0.132. The molecule has 1 aliphatic heterocycles. The van der Waals surface area contributed by atoms with Gasteiger partial charge in [0.2, 0.25) is 0 Å². The molecule has 0 amide bonds. The molecular formula is C12H23NO2. The zero-order valence-electron chi connectivity index (χ0n) is 9.95. The second-order valence-corrected chi connectivity index (χ2v) is 4.81. The van der Waals surface area contributed by atoms with Gasteiger partial charge in [-0.1, -0.05) is 0 Å². The van der Waals surface area contributed by atoms with Gasteiger partial charge in [-0.05, 0) is 39.7 Å². The van der Waals surface area contributed by atoms with E-state index in [1.54, 1.807) is 0 Å². The van der Waals surface area contributed by atoms with Crippen molar-refractivity contribution in [3.05, 3.63) is 0 Å². The maximum Gasteiger partial charge on any atom is 0.0628 e. The molecule has 0 unspecified atom stereocenters. The van der Waals surface area contributed by atoms with Gasteiger partial charge in [0, 0.05) is 19.7 Å². The molecule has 0 aromatic carbocycles. The third-order valence-corrected chi connectivity index (χ3v) is 3.50. The average Bonchev–Trinajstić information content (AvgIpc) is 2.18. The Labute approximate surface area is 92.7 Å². The summed E-state index contributed by atoms with van der Waals surface area (Å²) in [4.78, 5) is 2.38. The van der Waals surface area contributed by atoms with Crippen LogP contribution in [0.2, 0.25) is 0 Å². The number of hydrogen-bond donors (Lipinski definition) is 0. The molecule has 0 radical (unpaired) electrons. The Morgan fingerprint density at radius 2 is 1.73 bits per heavy atom. The minimum atomic E-state index is 0.478. The van der Waals surface area contributed by atoms with Crippen LogP contribution < -0.4 is 0 Å². The van der Waals surface area contributed by atoms with Crippen LogP contribution >= 0.6 is 0 Å². The van der Waals surface area contributed by atoms with E-state index >= 15 is 0 Å². The van der Waals surface area contributed by atoms with Gasteiger partial charge in [-0.2, -0.15) is 0 Å². The second-order valence-electron chi connectivity index (χ2n) is 4.81. The van der Waals surface area contributed by atoms with Crippen LogP contribution in [-0.4, -0.2) is 50.0 Å². The molecule has 2 rings (SSSR count). The van der Waals surface area contributed by atoms with Crippen LogP contribution in [0.4, 0.5) is 0 Å². The molecule has 2 aliphatic rings. The first-order valence-electron chi connectivity index (χ1n) is 6.23. The number of piperidine rings is 1. The van der Waals surface area contributed by atoms with Gasteiger partial charge in [-0.3, -0.25) is 0 Å². The molecule has 0 aromatic rings. The first kappa shape index (κ1) is 11.4. The molecule has 0 atom stereocenters. The number of ether oxygens (including phenoxy) is 2. The molecule has 1 saturated heterocycles. The summed E-state index contributed by atoms with van der Waals surface area (Å²) < 4.78 is 11.6. The Balaban J connectivity index is 1.59. The highest BCUT2D eigenvalue weighted by Crippen LogP contribution is 2.29. The second kappa shape index (κ2) is 5.28. The summed E-state index contributed by atoms with van der Waals surface area (Å²) in [5.41, 5.74) is 0. The molecule has 3 nitrogen and oxygen atoms in total. The first-order valence-corrected chi connectivity index (χ1v) is 6.23. The van der Waals surface area contributed by atoms with E-state index in [-0.39, 0.29) is 0 Å². The van der Waals surface area contributed by atoms with Crippen molar-refractivity contribution < 1.29 is 9.47 Å². The van der Waals surface area contributed by atoms with Crippen molar-refractivity contribution in [2.75, 3.05) is 26.7 Å². The van der Waals surface area contributed by atoms with E-state index in [0.717, 1.165) is 19.4 Å². The summed E-state index contributed by atoms with van der Waals surface area (Å²) in [7, 11) is 2.19. The van der Waals surface area contributed by atoms with E-state index in [9.17, 15) is 0 Å². The maximum absolute atomic E-state index is 6.05. The van der Waals surface area contributed by atoms with Gasteiger partial charge in [0.1, 0.15) is 0 Å². The lowest BCUT2D eigenvalue weighted by atomic mass is 9.91. The van der Waals surface area contributed by atoms with E-state index in [4.69, 9.17) is 9.47 Å². The van der Waals surface area contributed by atoms with Gasteiger partial charge in [-0.25, -0.2) is 0 Å². The molecule has 1 heterocycles. The number of hydrogen-bond acceptors (Lipinski definition) is 3. The van der Waals surface area contributed by atoms with E-state index in [1.165, 1.54) is 25.9 Å². The molecule has 0 aromatic heterocycles. The van der Waals surface area contributed by atoms with E-state index in [1.807, 2.05) is 0 Å². The highest BCUT2D eigenvalue weighted by molar-refractivity contribution is 4.83. The van der Waals surface area contributed by atoms with Crippen LogP contribution in [0.1, 0.15) is 32.6 Å². The van der Waals surface area contributed by atoms with Gasteiger partial charge in [0.25, 0.3) is 0 Å². The molecule has 15 heavy (non-hydrogen) atoms. The maximum atomic E-state index is 6.05. The predicted molar refractivity (Wildman–Crippen MR) is 60.0 cm³/mol. The summed E-state index contributed by atoms with van der Waals surface area (Å²) in [5.74, 6) is 0. The summed E-state index contributed by atoms with van der Waals surface area (Å²) in [6, 6.07) is 0. The molecule has 0 N–H and O–H groups in total. The SMILES string of the molecule is CCOC1CC(OC2CCN(C)CC2)C1. The minimum Gasteiger partial charge on any atom is -0.378 e. The number of rotatable bonds is 4. The molecular weight excluding hydrogens is 190 g/mol. The number of nitrogens with zero attached hydrogens (tertiary/aromatic N) is 1. The highest BCUT2D eigenvalue weighted by atomic mass is 16.5. The smallest absolute Gasteiger partial charge is 0.0628 e. The Hall–Kier alpha value is -0.120. The van der Waals surface area contributed by atoms with Crippen molar-refractivity contribution in [3.8, 4) is 0 Å². The summed E-state index contributed by atoms with van der Waals surface area (Å²) >= 11 is 0. The van der Waals surface area contributed by atoms with Crippen molar-refractivity contribution in [1.82, 2.24) is 4.90 Å². The molecule has 1 saturated carbocycles. The lowest BCUT2D eigenvalue weighted by Gasteiger charge is -2.39. The molecule has 3 heteroatoms. The van der Waals surface area contributed by atoms with Crippen LogP contribution in [0.15, 0.2) is 0 Å². The third-order valence-electron chi connectivity index (χ3n) is 3.50. The summed E-state index contributed by atoms with van der Waals surface area (Å²) in [6.07, 6.45) is 6.09. The van der Waals surface area contributed by atoms with Crippen molar-refractivity contribution in [3.63, 3.8) is 0 Å². The molecule has 1 aliphatic carbocycles. The fraction of sp³-hybridized carbons (Fsp3) is 1.00. The lowest BCUT2D eigenvalue weighted by Crippen LogP contribution is -2.42. The fourth-order valence-corrected chi connectivity index (χ4v) is 2.39. The standard InChI is InChI=1S/C12H23NO2/c1-3-14-11-8-12(9-11)15-10-4-6-13(2)7-5-10/h10-12H,3-9H2,1-2H3. The van der Waals surface area contributed by atoms with E-state index in [2.05, 4.69) is 18.9 Å². The van der Waals surface area contributed by atoms with Crippen LogP contribution in [0.25, 0.3) is 0 Å². The zero-order chi connectivity index (χ0) is 10.7. The van der Waals surface area contributed by atoms with E-state index < -0.39 is 0 Å². The predicted octanol–water partition coefficient (Wildman–Crippen LogP) is 1.66. The van der Waals surface area contributed by atoms with Crippen molar-refractivity contribution in [2.24, 2.45) is 0 Å². The fourth-order valence-electron chi connectivity index (χ4n) is 2.39. The normalized spacial score (nSPS) is 34.0. The molecule has 0 spiro atoms. The Kier molecular flexibility index (Phi) is 4.00. The van der Waals surface area contributed by atoms with Crippen molar-refractivity contribution >= 4 is 0 Å². The van der Waals surface area contributed by atoms with Crippen LogP contribution in [0, 0.1) is 0 Å². The summed E-state index contributed by atoms with van der Waals surface area (Å²) in [5, 5.41) is 0. The van der Waals surface area contributed by atoms with Crippen LogP contribution in [0.5, 0.6) is 0 Å². The molecule has 88 valence electrons. The Morgan fingerprint density at radius 3 is 2.33 bits per heavy atom. The number of likely N-dealkylation sites (tertiary alicyclic amines) is 1. The Morgan fingerprint density at radius 1 is 1.07 bits per heavy atom. The average molecular weight is 213 g/mol. The monoisotopic (exact) mass is 213 g/mol. The zero-order valence-corrected chi connectivity index (χ0v) is 9.95. The quantitative estimate of drug-likeness (QED) is 0.709. The largest absolute Gasteiger partial charge is 0.378 e. The molecule has 2 fully saturated rings. The van der Waals surface area contributed by atoms with Gasteiger partial charge < -0.3 is 14.4 Å². The van der Waals surface area contributed by atoms with Crippen LogP contribution in [0.3, 0.4) is 0 Å². The molecule has 0 bridgehead atoms. The van der Waals surface area contributed by atoms with Gasteiger partial charge in [-0.15, -0.1) is 0 Å². The van der Waals surface area contributed by atoms with E-state index in [0.29, 0.717) is 18.3 Å². The van der Waals surface area contributed by atoms with Crippen molar-refractivity contribution in [2.45, 2.75) is 50.9 Å². The third kappa shape index (κ3) is 3.16. The first-order chi connectivity index (χ1) is 7.28. The Bertz CT molecular complexity index is 184. The van der Waals surface area contributed by atoms with Gasteiger partial charge in [0.15, 0.2) is 0 Å². The highest BCUT2D eigenvalue weighted by Gasteiger charge is 2.32. The topological polar surface area (TPSA) is 21.7 Å². The van der Waals surface area contributed by atoms with Gasteiger partial charge >= 0.3 is 0 Å². The van der Waals surface area contributed by atoms with Crippen molar-refractivity contribution in [1.29, 1.82) is 0 Å². The van der Waals surface area contributed by atoms with Gasteiger partial charge in [0.05, 0.1) is 18.3 Å². The summed E-state index contributed by atoms with van der Waals surface area (Å²) in [6.45, 7) is 5.27. The minimum absolute atomic E-state index is 0.478.